The molecule has 1 aromatic heterocycles. The van der Waals surface area contributed by atoms with E-state index in [-0.39, 0.29) is 0 Å². The van der Waals surface area contributed by atoms with E-state index in [9.17, 15) is 0 Å². The van der Waals surface area contributed by atoms with Gasteiger partial charge in [-0.25, -0.2) is 0 Å². The van der Waals surface area contributed by atoms with Crippen molar-refractivity contribution in [2.75, 3.05) is 5.75 Å². The van der Waals surface area contributed by atoms with Gasteiger partial charge in [0.05, 0.1) is 0 Å². The van der Waals surface area contributed by atoms with Gasteiger partial charge >= 0.3 is 0 Å². The molecule has 1 heterocycles. The molecule has 78 valence electrons. The molecular formula is C10H15BrN2S. The topological polar surface area (TPSA) is 38.9 Å². The first-order valence-electron chi connectivity index (χ1n) is 4.65. The van der Waals surface area contributed by atoms with Crippen molar-refractivity contribution < 1.29 is 0 Å². The zero-order chi connectivity index (χ0) is 10.4. The highest BCUT2D eigenvalue weighted by Crippen LogP contribution is 2.16. The lowest BCUT2D eigenvalue weighted by atomic mass is 10.3. The molecule has 0 fully saturated rings. The van der Waals surface area contributed by atoms with Gasteiger partial charge in [0.15, 0.2) is 0 Å². The van der Waals surface area contributed by atoms with Crippen LogP contribution in [0, 0.1) is 0 Å². The Bertz CT molecular complexity index is 281. The Hall–Kier alpha value is -0.0600. The van der Waals surface area contributed by atoms with E-state index in [0.29, 0.717) is 6.04 Å². The van der Waals surface area contributed by atoms with Gasteiger partial charge in [0.25, 0.3) is 0 Å². The number of nitrogens with zero attached hydrogens (tertiary/aromatic N) is 1. The van der Waals surface area contributed by atoms with Crippen LogP contribution in [0.5, 0.6) is 0 Å². The fourth-order valence-corrected chi connectivity index (χ4v) is 2.44. The Kier molecular flexibility index (Phi) is 5.52. The number of aromatic nitrogens is 1. The average molecular weight is 275 g/mol. The molecule has 1 atom stereocenters. The summed E-state index contributed by atoms with van der Waals surface area (Å²) in [6.07, 6.45) is 4.74. The first-order valence-corrected chi connectivity index (χ1v) is 6.60. The Balaban J connectivity index is 2.31. The van der Waals surface area contributed by atoms with Crippen LogP contribution < -0.4 is 5.73 Å². The molecule has 0 spiro atoms. The summed E-state index contributed by atoms with van der Waals surface area (Å²) in [5.74, 6) is 2.00. The van der Waals surface area contributed by atoms with E-state index in [1.54, 1.807) is 6.20 Å². The Morgan fingerprint density at radius 1 is 1.57 bits per heavy atom. The fourth-order valence-electron chi connectivity index (χ4n) is 0.981. The van der Waals surface area contributed by atoms with E-state index in [2.05, 4.69) is 33.9 Å². The molecule has 0 aromatic carbocycles. The molecule has 0 radical (unpaired) electrons. The van der Waals surface area contributed by atoms with Gasteiger partial charge in [-0.2, -0.15) is 11.8 Å². The predicted molar refractivity (Wildman–Crippen MR) is 66.4 cm³/mol. The Morgan fingerprint density at radius 3 is 3.00 bits per heavy atom. The van der Waals surface area contributed by atoms with Crippen molar-refractivity contribution in [3.8, 4) is 0 Å². The van der Waals surface area contributed by atoms with E-state index in [1.807, 2.05) is 18.0 Å². The second-order valence-electron chi connectivity index (χ2n) is 3.19. The zero-order valence-corrected chi connectivity index (χ0v) is 10.6. The summed E-state index contributed by atoms with van der Waals surface area (Å²) in [6.45, 7) is 2.12. The third-order valence-corrected chi connectivity index (χ3v) is 3.52. The molecule has 0 amide bonds. The van der Waals surface area contributed by atoms with Crippen LogP contribution in [-0.2, 0) is 5.75 Å². The Morgan fingerprint density at radius 2 is 2.36 bits per heavy atom. The summed E-state index contributed by atoms with van der Waals surface area (Å²) >= 11 is 5.26. The predicted octanol–water partition coefficient (Wildman–Crippen LogP) is 2.81. The standard InChI is InChI=1S/C10H15BrN2S/c1-2-10(12)7-14-6-8-3-9(11)5-13-4-8/h3-5,10H,2,6-7,12H2,1H3. The van der Waals surface area contributed by atoms with E-state index in [0.717, 1.165) is 22.4 Å². The summed E-state index contributed by atoms with van der Waals surface area (Å²) in [4.78, 5) is 4.11. The first kappa shape index (κ1) is 12.0. The molecule has 1 unspecified atom stereocenters. The number of hydrogen-bond acceptors (Lipinski definition) is 3. The van der Waals surface area contributed by atoms with Crippen molar-refractivity contribution in [3.63, 3.8) is 0 Å². The second-order valence-corrected chi connectivity index (χ2v) is 5.14. The van der Waals surface area contributed by atoms with E-state index in [4.69, 9.17) is 5.73 Å². The van der Waals surface area contributed by atoms with Crippen molar-refractivity contribution in [2.45, 2.75) is 25.1 Å². The number of nitrogens with two attached hydrogens (primary N) is 1. The van der Waals surface area contributed by atoms with Gasteiger partial charge in [0, 0.05) is 34.4 Å². The van der Waals surface area contributed by atoms with Gasteiger partial charge < -0.3 is 5.73 Å². The summed E-state index contributed by atoms with van der Waals surface area (Å²) in [7, 11) is 0. The van der Waals surface area contributed by atoms with Crippen LogP contribution in [0.25, 0.3) is 0 Å². The third kappa shape index (κ3) is 4.44. The largest absolute Gasteiger partial charge is 0.327 e. The maximum absolute atomic E-state index is 5.82. The van der Waals surface area contributed by atoms with Crippen molar-refractivity contribution in [1.82, 2.24) is 4.98 Å². The third-order valence-electron chi connectivity index (χ3n) is 1.89. The van der Waals surface area contributed by atoms with Crippen LogP contribution in [0.15, 0.2) is 22.9 Å². The summed E-state index contributed by atoms with van der Waals surface area (Å²) in [5.41, 5.74) is 7.06. The first-order chi connectivity index (χ1) is 6.72. The Labute approximate surface area is 97.8 Å². The second kappa shape index (κ2) is 6.43. The van der Waals surface area contributed by atoms with Crippen LogP contribution in [-0.4, -0.2) is 16.8 Å². The summed E-state index contributed by atoms with van der Waals surface area (Å²) in [6, 6.07) is 2.41. The molecule has 1 rings (SSSR count). The van der Waals surface area contributed by atoms with Crippen LogP contribution >= 0.6 is 27.7 Å². The molecule has 4 heteroatoms. The van der Waals surface area contributed by atoms with E-state index < -0.39 is 0 Å². The van der Waals surface area contributed by atoms with Gasteiger partial charge in [-0.05, 0) is 34.0 Å². The smallest absolute Gasteiger partial charge is 0.0410 e. The maximum Gasteiger partial charge on any atom is 0.0410 e. The highest BCUT2D eigenvalue weighted by atomic mass is 79.9. The van der Waals surface area contributed by atoms with Crippen molar-refractivity contribution in [3.05, 3.63) is 28.5 Å². The minimum absolute atomic E-state index is 0.320. The van der Waals surface area contributed by atoms with Crippen molar-refractivity contribution in [2.24, 2.45) is 5.73 Å². The molecule has 0 aliphatic heterocycles. The lowest BCUT2D eigenvalue weighted by Gasteiger charge is -2.07. The van der Waals surface area contributed by atoms with Gasteiger partial charge in [0.2, 0.25) is 0 Å². The molecule has 0 saturated carbocycles. The van der Waals surface area contributed by atoms with Gasteiger partial charge in [-0.15, -0.1) is 0 Å². The van der Waals surface area contributed by atoms with Gasteiger partial charge in [0.1, 0.15) is 0 Å². The molecule has 0 saturated heterocycles. The van der Waals surface area contributed by atoms with Gasteiger partial charge in [-0.3, -0.25) is 4.98 Å². The lowest BCUT2D eigenvalue weighted by Crippen LogP contribution is -2.21. The normalized spacial score (nSPS) is 12.8. The number of hydrogen-bond donors (Lipinski definition) is 1. The molecule has 0 aliphatic carbocycles. The molecule has 14 heavy (non-hydrogen) atoms. The van der Waals surface area contributed by atoms with Crippen LogP contribution in [0.2, 0.25) is 0 Å². The molecule has 2 nitrogen and oxygen atoms in total. The minimum Gasteiger partial charge on any atom is -0.327 e. The summed E-state index contributed by atoms with van der Waals surface area (Å²) in [5, 5.41) is 0. The number of rotatable bonds is 5. The highest BCUT2D eigenvalue weighted by Gasteiger charge is 2.00. The number of pyridine rings is 1. The molecule has 0 bridgehead atoms. The summed E-state index contributed by atoms with van der Waals surface area (Å²) < 4.78 is 1.04. The molecule has 2 N–H and O–H groups in total. The molecular weight excluding hydrogens is 260 g/mol. The maximum atomic E-state index is 5.82. The van der Waals surface area contributed by atoms with E-state index >= 15 is 0 Å². The van der Waals surface area contributed by atoms with Crippen LogP contribution in [0.1, 0.15) is 18.9 Å². The molecule has 0 aliphatic rings. The van der Waals surface area contributed by atoms with Crippen LogP contribution in [0.3, 0.4) is 0 Å². The molecule has 1 aromatic rings. The van der Waals surface area contributed by atoms with Gasteiger partial charge in [-0.1, -0.05) is 6.92 Å². The number of halogens is 1. The average Bonchev–Trinajstić information content (AvgIpc) is 2.17. The van der Waals surface area contributed by atoms with Crippen molar-refractivity contribution >= 4 is 27.7 Å². The quantitative estimate of drug-likeness (QED) is 0.898. The number of thioether (sulfide) groups is 1. The van der Waals surface area contributed by atoms with E-state index in [1.165, 1.54) is 5.56 Å². The zero-order valence-electron chi connectivity index (χ0n) is 8.24. The van der Waals surface area contributed by atoms with Crippen molar-refractivity contribution in [1.29, 1.82) is 0 Å². The SMILES string of the molecule is CCC(N)CSCc1cncc(Br)c1. The highest BCUT2D eigenvalue weighted by molar-refractivity contribution is 9.10. The van der Waals surface area contributed by atoms with Crippen LogP contribution in [0.4, 0.5) is 0 Å². The fraction of sp³-hybridized carbons (Fsp3) is 0.500. The minimum atomic E-state index is 0.320. The lowest BCUT2D eigenvalue weighted by molar-refractivity contribution is 0.725. The monoisotopic (exact) mass is 274 g/mol.